The van der Waals surface area contributed by atoms with E-state index >= 15 is 0 Å². The maximum Gasteiger partial charge on any atom is 0.255 e. The van der Waals surface area contributed by atoms with Crippen LogP contribution in [0.25, 0.3) is 0 Å². The zero-order valence-corrected chi connectivity index (χ0v) is 11.1. The number of rotatable bonds is 2. The Morgan fingerprint density at radius 1 is 1.47 bits per heavy atom. The Bertz CT molecular complexity index is 405. The summed E-state index contributed by atoms with van der Waals surface area (Å²) in [5, 5.41) is 12.3. The van der Waals surface area contributed by atoms with E-state index in [2.05, 4.69) is 36.3 Å². The second-order valence-electron chi connectivity index (χ2n) is 5.15. The van der Waals surface area contributed by atoms with E-state index in [0.717, 1.165) is 17.8 Å². The highest BCUT2D eigenvalue weighted by molar-refractivity contribution is 7.15. The summed E-state index contributed by atoms with van der Waals surface area (Å²) in [5.74, 6) is -0.112. The Balaban J connectivity index is 1.99. The van der Waals surface area contributed by atoms with Gasteiger partial charge >= 0.3 is 0 Å². The predicted molar refractivity (Wildman–Crippen MR) is 66.2 cm³/mol. The van der Waals surface area contributed by atoms with Crippen LogP contribution in [0.5, 0.6) is 0 Å². The van der Waals surface area contributed by atoms with Crippen LogP contribution in [-0.2, 0) is 14.9 Å². The smallest absolute Gasteiger partial charge is 0.255 e. The highest BCUT2D eigenvalue weighted by Crippen LogP contribution is 2.28. The lowest BCUT2D eigenvalue weighted by Crippen LogP contribution is -2.26. The summed E-state index contributed by atoms with van der Waals surface area (Å²) in [6.45, 7) is 6.87. The molecule has 0 radical (unpaired) electrons. The standard InChI is InChI=1S/C11H17N3O2S/c1-11(2,3)9-13-14-10(17-9)12-8(15)7-5-4-6-16-7/h7H,4-6H2,1-3H3,(H,12,14,15)/t7-/m0/s1. The summed E-state index contributed by atoms with van der Waals surface area (Å²) in [7, 11) is 0. The van der Waals surface area contributed by atoms with E-state index in [1.54, 1.807) is 0 Å². The first-order valence-corrected chi connectivity index (χ1v) is 6.55. The SMILES string of the molecule is CC(C)(C)c1nnc(NC(=O)[C@@H]2CCCO2)s1. The summed E-state index contributed by atoms with van der Waals surface area (Å²) in [6, 6.07) is 0. The molecule has 1 aliphatic heterocycles. The molecular formula is C11H17N3O2S. The van der Waals surface area contributed by atoms with Crippen LogP contribution in [0.4, 0.5) is 5.13 Å². The molecule has 6 heteroatoms. The van der Waals surface area contributed by atoms with Crippen molar-refractivity contribution in [2.75, 3.05) is 11.9 Å². The zero-order chi connectivity index (χ0) is 12.5. The van der Waals surface area contributed by atoms with Crippen LogP contribution in [0, 0.1) is 0 Å². The maximum atomic E-state index is 11.8. The van der Waals surface area contributed by atoms with E-state index in [0.29, 0.717) is 11.7 Å². The molecule has 94 valence electrons. The van der Waals surface area contributed by atoms with Gasteiger partial charge in [0.25, 0.3) is 5.91 Å². The largest absolute Gasteiger partial charge is 0.368 e. The van der Waals surface area contributed by atoms with Gasteiger partial charge in [-0.2, -0.15) is 0 Å². The molecule has 1 amide bonds. The van der Waals surface area contributed by atoms with Gasteiger partial charge in [0.1, 0.15) is 11.1 Å². The quantitative estimate of drug-likeness (QED) is 0.877. The van der Waals surface area contributed by atoms with Crippen LogP contribution in [0.15, 0.2) is 0 Å². The minimum atomic E-state index is -0.322. The van der Waals surface area contributed by atoms with E-state index in [4.69, 9.17) is 4.74 Å². The van der Waals surface area contributed by atoms with Crippen molar-refractivity contribution in [3.63, 3.8) is 0 Å². The Hall–Kier alpha value is -1.01. The van der Waals surface area contributed by atoms with E-state index in [1.807, 2.05) is 0 Å². The first-order valence-electron chi connectivity index (χ1n) is 5.73. The van der Waals surface area contributed by atoms with Crippen molar-refractivity contribution in [2.24, 2.45) is 0 Å². The van der Waals surface area contributed by atoms with Crippen LogP contribution in [0.3, 0.4) is 0 Å². The van der Waals surface area contributed by atoms with E-state index in [1.165, 1.54) is 11.3 Å². The van der Waals surface area contributed by atoms with Gasteiger partial charge in [-0.05, 0) is 12.8 Å². The maximum absolute atomic E-state index is 11.8. The van der Waals surface area contributed by atoms with Gasteiger partial charge in [0.05, 0.1) is 0 Å². The molecule has 1 fully saturated rings. The van der Waals surface area contributed by atoms with Crippen LogP contribution < -0.4 is 5.32 Å². The summed E-state index contributed by atoms with van der Waals surface area (Å²) < 4.78 is 5.31. The lowest BCUT2D eigenvalue weighted by molar-refractivity contribution is -0.124. The first-order chi connectivity index (χ1) is 7.97. The molecule has 0 aliphatic carbocycles. The molecule has 1 N–H and O–H groups in total. The van der Waals surface area contributed by atoms with Crippen LogP contribution in [0.1, 0.15) is 38.6 Å². The second-order valence-corrected chi connectivity index (χ2v) is 6.13. The highest BCUT2D eigenvalue weighted by atomic mass is 32.1. The third kappa shape index (κ3) is 3.01. The van der Waals surface area contributed by atoms with Gasteiger partial charge in [-0.25, -0.2) is 0 Å². The molecule has 1 aromatic heterocycles. The fourth-order valence-corrected chi connectivity index (χ4v) is 2.35. The van der Waals surface area contributed by atoms with Crippen molar-refractivity contribution in [3.05, 3.63) is 5.01 Å². The van der Waals surface area contributed by atoms with Gasteiger partial charge in [0.2, 0.25) is 5.13 Å². The van der Waals surface area contributed by atoms with E-state index < -0.39 is 0 Å². The molecule has 2 heterocycles. The van der Waals surface area contributed by atoms with Crippen molar-refractivity contribution in [3.8, 4) is 0 Å². The summed E-state index contributed by atoms with van der Waals surface area (Å²) >= 11 is 1.42. The predicted octanol–water partition coefficient (Wildman–Crippen LogP) is 1.95. The van der Waals surface area contributed by atoms with Crippen LogP contribution in [-0.4, -0.2) is 28.8 Å². The van der Waals surface area contributed by atoms with Crippen molar-refractivity contribution in [1.82, 2.24) is 10.2 Å². The number of nitrogens with zero attached hydrogens (tertiary/aromatic N) is 2. The number of hydrogen-bond acceptors (Lipinski definition) is 5. The lowest BCUT2D eigenvalue weighted by Gasteiger charge is -2.12. The third-order valence-corrected chi connectivity index (χ3v) is 3.78. The van der Waals surface area contributed by atoms with Crippen molar-refractivity contribution < 1.29 is 9.53 Å². The molecule has 5 nitrogen and oxygen atoms in total. The Kier molecular flexibility index (Phi) is 3.44. The monoisotopic (exact) mass is 255 g/mol. The molecule has 0 aromatic carbocycles. The van der Waals surface area contributed by atoms with E-state index in [9.17, 15) is 4.79 Å². The van der Waals surface area contributed by atoms with Crippen LogP contribution in [0.2, 0.25) is 0 Å². The van der Waals surface area contributed by atoms with Crippen molar-refractivity contribution in [1.29, 1.82) is 0 Å². The van der Waals surface area contributed by atoms with Gasteiger partial charge in [-0.3, -0.25) is 10.1 Å². The summed E-state index contributed by atoms with van der Waals surface area (Å²) in [4.78, 5) is 11.8. The fraction of sp³-hybridized carbons (Fsp3) is 0.727. The molecule has 1 aromatic rings. The molecule has 0 spiro atoms. The highest BCUT2D eigenvalue weighted by Gasteiger charge is 2.25. The van der Waals surface area contributed by atoms with Gasteiger partial charge in [-0.1, -0.05) is 32.1 Å². The summed E-state index contributed by atoms with van der Waals surface area (Å²) in [5.41, 5.74) is -0.0372. The zero-order valence-electron chi connectivity index (χ0n) is 10.3. The van der Waals surface area contributed by atoms with Crippen LogP contribution >= 0.6 is 11.3 Å². The molecule has 1 aliphatic rings. The number of aromatic nitrogens is 2. The number of hydrogen-bond donors (Lipinski definition) is 1. The van der Waals surface area contributed by atoms with Crippen molar-refractivity contribution in [2.45, 2.75) is 45.1 Å². The molecule has 17 heavy (non-hydrogen) atoms. The third-order valence-electron chi connectivity index (χ3n) is 2.52. The Labute approximate surface area is 105 Å². The molecule has 1 saturated heterocycles. The minimum absolute atomic E-state index is 0.0372. The molecular weight excluding hydrogens is 238 g/mol. The number of carbonyl (C=O) groups is 1. The fourth-order valence-electron chi connectivity index (χ4n) is 1.55. The van der Waals surface area contributed by atoms with Gasteiger partial charge < -0.3 is 4.74 Å². The number of ether oxygens (including phenoxy) is 1. The van der Waals surface area contributed by atoms with Gasteiger partial charge in [-0.15, -0.1) is 10.2 Å². The summed E-state index contributed by atoms with van der Waals surface area (Å²) in [6.07, 6.45) is 1.41. The normalized spacial score (nSPS) is 20.5. The molecule has 0 saturated carbocycles. The van der Waals surface area contributed by atoms with Gasteiger partial charge in [0, 0.05) is 12.0 Å². The number of anilines is 1. The molecule has 0 unspecified atom stereocenters. The molecule has 0 bridgehead atoms. The topological polar surface area (TPSA) is 64.1 Å². The van der Waals surface area contributed by atoms with Gasteiger partial charge in [0.15, 0.2) is 0 Å². The minimum Gasteiger partial charge on any atom is -0.368 e. The van der Waals surface area contributed by atoms with E-state index in [-0.39, 0.29) is 17.4 Å². The second kappa shape index (κ2) is 4.70. The number of carbonyl (C=O) groups excluding carboxylic acids is 1. The number of nitrogens with one attached hydrogen (secondary N) is 1. The Morgan fingerprint density at radius 2 is 2.24 bits per heavy atom. The number of amides is 1. The Morgan fingerprint density at radius 3 is 2.76 bits per heavy atom. The lowest BCUT2D eigenvalue weighted by atomic mass is 9.98. The molecule has 1 atom stereocenters. The first kappa shape index (κ1) is 12.4. The van der Waals surface area contributed by atoms with Crippen molar-refractivity contribution >= 4 is 22.4 Å². The molecule has 2 rings (SSSR count). The average molecular weight is 255 g/mol. The average Bonchev–Trinajstić information content (AvgIpc) is 2.85.